The summed E-state index contributed by atoms with van der Waals surface area (Å²) in [6.45, 7) is 5.95. The molecule has 0 spiro atoms. The highest BCUT2D eigenvalue weighted by atomic mass is 79.9. The van der Waals surface area contributed by atoms with Crippen LogP contribution in [0.5, 0.6) is 0 Å². The summed E-state index contributed by atoms with van der Waals surface area (Å²) in [4.78, 5) is 30.9. The quantitative estimate of drug-likeness (QED) is 0.902. The molecular formula is C15H20BrN3O2. The maximum absolute atomic E-state index is 12.8. The zero-order chi connectivity index (χ0) is 15.6. The number of piperazine rings is 1. The van der Waals surface area contributed by atoms with E-state index in [4.69, 9.17) is 0 Å². The second-order valence-electron chi connectivity index (χ2n) is 5.36. The van der Waals surface area contributed by atoms with E-state index in [-0.39, 0.29) is 11.8 Å². The molecule has 6 heteroatoms. The lowest BCUT2D eigenvalue weighted by atomic mass is 9.87. The molecule has 0 saturated carbocycles. The number of nitrogens with one attached hydrogen (secondary N) is 1. The van der Waals surface area contributed by atoms with E-state index in [9.17, 15) is 9.59 Å². The molecule has 1 saturated heterocycles. The molecule has 5 nitrogen and oxygen atoms in total. The van der Waals surface area contributed by atoms with Gasteiger partial charge in [0, 0.05) is 10.7 Å². The van der Waals surface area contributed by atoms with Crippen molar-refractivity contribution in [2.45, 2.75) is 51.7 Å². The Morgan fingerprint density at radius 1 is 1.33 bits per heavy atom. The van der Waals surface area contributed by atoms with E-state index in [1.807, 2.05) is 26.0 Å². The Labute approximate surface area is 133 Å². The molecule has 1 N–H and O–H groups in total. The standard InChI is InChI=1S/C15H20BrN3O2/c1-4-15(5-2)14(21)19(10(3)13(20)18-15)9-12-7-6-11(16)8-17-12/h6-8,10H,4-5,9H2,1-3H3,(H,18,20). The van der Waals surface area contributed by atoms with E-state index in [2.05, 4.69) is 26.2 Å². The summed E-state index contributed by atoms with van der Waals surface area (Å²) in [5.74, 6) is -0.125. The number of hydrogen-bond donors (Lipinski definition) is 1. The fourth-order valence-corrected chi connectivity index (χ4v) is 2.83. The Bertz CT molecular complexity index is 540. The van der Waals surface area contributed by atoms with Crippen LogP contribution in [0.3, 0.4) is 0 Å². The molecule has 0 aliphatic carbocycles. The van der Waals surface area contributed by atoms with Crippen molar-refractivity contribution in [1.82, 2.24) is 15.2 Å². The van der Waals surface area contributed by atoms with Crippen LogP contribution in [0.1, 0.15) is 39.3 Å². The first-order chi connectivity index (χ1) is 9.93. The highest BCUT2D eigenvalue weighted by Crippen LogP contribution is 2.26. The molecule has 1 unspecified atom stereocenters. The summed E-state index contributed by atoms with van der Waals surface area (Å²) in [7, 11) is 0. The maximum Gasteiger partial charge on any atom is 0.249 e. The van der Waals surface area contributed by atoms with Gasteiger partial charge in [0.2, 0.25) is 11.8 Å². The number of hydrogen-bond acceptors (Lipinski definition) is 3. The van der Waals surface area contributed by atoms with Crippen LogP contribution in [0, 0.1) is 0 Å². The van der Waals surface area contributed by atoms with Crippen molar-refractivity contribution in [2.75, 3.05) is 0 Å². The SMILES string of the molecule is CCC1(CC)NC(=O)C(C)N(Cc2ccc(Br)cn2)C1=O. The fourth-order valence-electron chi connectivity index (χ4n) is 2.60. The van der Waals surface area contributed by atoms with Gasteiger partial charge >= 0.3 is 0 Å². The second kappa shape index (κ2) is 6.13. The molecule has 0 bridgehead atoms. The van der Waals surface area contributed by atoms with Gasteiger partial charge < -0.3 is 10.2 Å². The van der Waals surface area contributed by atoms with Crippen molar-refractivity contribution in [1.29, 1.82) is 0 Å². The molecule has 1 aliphatic heterocycles. The molecule has 1 aromatic rings. The van der Waals surface area contributed by atoms with Gasteiger partial charge in [-0.05, 0) is 47.8 Å². The highest BCUT2D eigenvalue weighted by molar-refractivity contribution is 9.10. The lowest BCUT2D eigenvalue weighted by Gasteiger charge is -2.44. The fraction of sp³-hybridized carbons (Fsp3) is 0.533. The number of halogens is 1. The van der Waals surface area contributed by atoms with Crippen molar-refractivity contribution < 1.29 is 9.59 Å². The van der Waals surface area contributed by atoms with Crippen LogP contribution in [0.4, 0.5) is 0 Å². The Hall–Kier alpha value is -1.43. The minimum absolute atomic E-state index is 0.0238. The van der Waals surface area contributed by atoms with Crippen LogP contribution in [0.2, 0.25) is 0 Å². The predicted octanol–water partition coefficient (Wildman–Crippen LogP) is 2.25. The Morgan fingerprint density at radius 3 is 2.52 bits per heavy atom. The molecule has 0 aromatic carbocycles. The molecule has 2 heterocycles. The van der Waals surface area contributed by atoms with Crippen molar-refractivity contribution in [2.24, 2.45) is 0 Å². The van der Waals surface area contributed by atoms with E-state index < -0.39 is 11.6 Å². The van der Waals surface area contributed by atoms with E-state index in [1.165, 1.54) is 0 Å². The molecule has 114 valence electrons. The first-order valence-corrected chi connectivity index (χ1v) is 7.96. The Morgan fingerprint density at radius 2 is 2.00 bits per heavy atom. The topological polar surface area (TPSA) is 62.3 Å². The van der Waals surface area contributed by atoms with Crippen LogP contribution >= 0.6 is 15.9 Å². The normalized spacial score (nSPS) is 21.3. The van der Waals surface area contributed by atoms with Crippen LogP contribution in [-0.2, 0) is 16.1 Å². The van der Waals surface area contributed by atoms with Gasteiger partial charge in [-0.3, -0.25) is 14.6 Å². The van der Waals surface area contributed by atoms with Gasteiger partial charge in [-0.2, -0.15) is 0 Å². The van der Waals surface area contributed by atoms with Crippen molar-refractivity contribution in [3.8, 4) is 0 Å². The molecule has 1 aliphatic rings. The largest absolute Gasteiger partial charge is 0.340 e. The summed E-state index contributed by atoms with van der Waals surface area (Å²) in [6, 6.07) is 3.26. The van der Waals surface area contributed by atoms with Gasteiger partial charge in [-0.15, -0.1) is 0 Å². The summed E-state index contributed by atoms with van der Waals surface area (Å²) >= 11 is 3.34. The monoisotopic (exact) mass is 353 g/mol. The molecule has 1 fully saturated rings. The van der Waals surface area contributed by atoms with Crippen molar-refractivity contribution in [3.63, 3.8) is 0 Å². The van der Waals surface area contributed by atoms with Crippen LogP contribution in [0.25, 0.3) is 0 Å². The smallest absolute Gasteiger partial charge is 0.249 e. The van der Waals surface area contributed by atoms with Crippen molar-refractivity contribution >= 4 is 27.7 Å². The Kier molecular flexibility index (Phi) is 4.66. The number of rotatable bonds is 4. The van der Waals surface area contributed by atoms with Crippen LogP contribution < -0.4 is 5.32 Å². The molecular weight excluding hydrogens is 334 g/mol. The van der Waals surface area contributed by atoms with Crippen LogP contribution in [-0.4, -0.2) is 33.3 Å². The van der Waals surface area contributed by atoms with Crippen molar-refractivity contribution in [3.05, 3.63) is 28.5 Å². The minimum atomic E-state index is -0.779. The Balaban J connectivity index is 2.28. The predicted molar refractivity (Wildman–Crippen MR) is 83.4 cm³/mol. The first-order valence-electron chi connectivity index (χ1n) is 7.17. The second-order valence-corrected chi connectivity index (χ2v) is 6.27. The van der Waals surface area contributed by atoms with Gasteiger partial charge in [0.1, 0.15) is 11.6 Å². The minimum Gasteiger partial charge on any atom is -0.340 e. The lowest BCUT2D eigenvalue weighted by molar-refractivity contribution is -0.155. The number of nitrogens with zero attached hydrogens (tertiary/aromatic N) is 2. The maximum atomic E-state index is 12.8. The number of amides is 2. The van der Waals surface area contributed by atoms with Gasteiger partial charge in [0.15, 0.2) is 0 Å². The average Bonchev–Trinajstić information content (AvgIpc) is 2.49. The summed E-state index contributed by atoms with van der Waals surface area (Å²) in [5, 5.41) is 2.90. The molecule has 1 atom stereocenters. The zero-order valence-corrected chi connectivity index (χ0v) is 14.1. The number of carbonyl (C=O) groups excluding carboxylic acids is 2. The van der Waals surface area contributed by atoms with Gasteiger partial charge in [0.05, 0.1) is 12.2 Å². The summed E-state index contributed by atoms with van der Waals surface area (Å²) < 4.78 is 0.887. The van der Waals surface area contributed by atoms with Gasteiger partial charge in [-0.1, -0.05) is 13.8 Å². The third kappa shape index (κ3) is 2.95. The van der Waals surface area contributed by atoms with E-state index >= 15 is 0 Å². The van der Waals surface area contributed by atoms with Crippen LogP contribution in [0.15, 0.2) is 22.8 Å². The van der Waals surface area contributed by atoms with Gasteiger partial charge in [0.25, 0.3) is 0 Å². The summed E-state index contributed by atoms with van der Waals surface area (Å²) in [5.41, 5.74) is -0.00640. The number of pyridine rings is 1. The highest BCUT2D eigenvalue weighted by Gasteiger charge is 2.47. The molecule has 0 radical (unpaired) electrons. The third-order valence-electron chi connectivity index (χ3n) is 4.21. The van der Waals surface area contributed by atoms with E-state index in [0.29, 0.717) is 19.4 Å². The first kappa shape index (κ1) is 15.9. The van der Waals surface area contributed by atoms with Gasteiger partial charge in [-0.25, -0.2) is 0 Å². The number of carbonyl (C=O) groups is 2. The zero-order valence-electron chi connectivity index (χ0n) is 12.5. The molecule has 21 heavy (non-hydrogen) atoms. The van der Waals surface area contributed by atoms with E-state index in [1.54, 1.807) is 18.0 Å². The number of aromatic nitrogens is 1. The summed E-state index contributed by atoms with van der Waals surface area (Å²) in [6.07, 6.45) is 2.87. The van der Waals surface area contributed by atoms with E-state index in [0.717, 1.165) is 10.2 Å². The molecule has 1 aromatic heterocycles. The molecule has 2 rings (SSSR count). The molecule has 2 amide bonds. The average molecular weight is 354 g/mol. The third-order valence-corrected chi connectivity index (χ3v) is 4.68. The lowest BCUT2D eigenvalue weighted by Crippen LogP contribution is -2.69.